The molecule has 0 radical (unpaired) electrons. The summed E-state index contributed by atoms with van der Waals surface area (Å²) < 4.78 is 16.2. The summed E-state index contributed by atoms with van der Waals surface area (Å²) in [5.74, 6) is 2.24. The summed E-state index contributed by atoms with van der Waals surface area (Å²) in [6, 6.07) is 7.64. The molecule has 2 aromatic carbocycles. The van der Waals surface area contributed by atoms with Gasteiger partial charge in [-0.3, -0.25) is 4.79 Å². The number of carbonyl (C=O) groups is 1. The Bertz CT molecular complexity index is 777. The predicted molar refractivity (Wildman–Crippen MR) is 88.9 cm³/mol. The molecule has 0 aromatic heterocycles. The molecule has 1 aliphatic rings. The van der Waals surface area contributed by atoms with Gasteiger partial charge in [-0.05, 0) is 54.3 Å². The summed E-state index contributed by atoms with van der Waals surface area (Å²) in [4.78, 5) is 12.5. The van der Waals surface area contributed by atoms with Crippen molar-refractivity contribution in [1.29, 1.82) is 0 Å². The maximum Gasteiger partial charge on any atom is 0.164 e. The normalized spacial score (nSPS) is 13.0. The lowest BCUT2D eigenvalue weighted by Gasteiger charge is -2.18. The second-order valence-electron chi connectivity index (χ2n) is 5.61. The lowest BCUT2D eigenvalue weighted by Crippen LogP contribution is -2.00. The highest BCUT2D eigenvalue weighted by atomic mass is 16.5. The van der Waals surface area contributed by atoms with Crippen molar-refractivity contribution in [3.8, 4) is 28.4 Å². The minimum absolute atomic E-state index is 0.132. The van der Waals surface area contributed by atoms with Crippen LogP contribution in [0.1, 0.15) is 27.9 Å². The van der Waals surface area contributed by atoms with Crippen molar-refractivity contribution in [1.82, 2.24) is 0 Å². The fourth-order valence-electron chi connectivity index (χ4n) is 3.29. The molecular weight excluding hydrogens is 292 g/mol. The number of aryl methyl sites for hydroxylation is 1. The minimum atomic E-state index is 0.132. The zero-order valence-electron chi connectivity index (χ0n) is 13.9. The second-order valence-corrected chi connectivity index (χ2v) is 5.61. The maximum atomic E-state index is 12.5. The van der Waals surface area contributed by atoms with Crippen molar-refractivity contribution < 1.29 is 19.0 Å². The summed E-state index contributed by atoms with van der Waals surface area (Å²) in [5, 5.41) is 0. The molecule has 120 valence electrons. The number of benzene rings is 2. The Kier molecular flexibility index (Phi) is 3.99. The van der Waals surface area contributed by atoms with E-state index < -0.39 is 0 Å². The first-order valence-electron chi connectivity index (χ1n) is 7.56. The van der Waals surface area contributed by atoms with Crippen LogP contribution in [0, 0.1) is 6.92 Å². The largest absolute Gasteiger partial charge is 0.497 e. The van der Waals surface area contributed by atoms with Crippen LogP contribution in [0.5, 0.6) is 17.2 Å². The molecule has 0 spiro atoms. The first-order chi connectivity index (χ1) is 11.1. The average Bonchev–Trinajstić information content (AvgIpc) is 2.71. The van der Waals surface area contributed by atoms with Crippen molar-refractivity contribution >= 4 is 5.78 Å². The third-order valence-electron chi connectivity index (χ3n) is 4.41. The van der Waals surface area contributed by atoms with Crippen LogP contribution in [-0.4, -0.2) is 27.1 Å². The van der Waals surface area contributed by atoms with E-state index in [1.54, 1.807) is 21.3 Å². The lowest BCUT2D eigenvalue weighted by molar-refractivity contribution is 0.0984. The van der Waals surface area contributed by atoms with Gasteiger partial charge in [-0.25, -0.2) is 0 Å². The number of hydrogen-bond donors (Lipinski definition) is 0. The maximum absolute atomic E-state index is 12.5. The average molecular weight is 312 g/mol. The van der Waals surface area contributed by atoms with Crippen LogP contribution in [-0.2, 0) is 6.42 Å². The zero-order chi connectivity index (χ0) is 16.6. The van der Waals surface area contributed by atoms with E-state index in [1.165, 1.54) is 0 Å². The van der Waals surface area contributed by atoms with E-state index in [4.69, 9.17) is 14.2 Å². The molecule has 0 unspecified atom stereocenters. The monoisotopic (exact) mass is 312 g/mol. The number of methoxy groups -OCH3 is 3. The smallest absolute Gasteiger partial charge is 0.164 e. The molecule has 0 amide bonds. The van der Waals surface area contributed by atoms with E-state index >= 15 is 0 Å². The zero-order valence-corrected chi connectivity index (χ0v) is 13.9. The first-order valence-corrected chi connectivity index (χ1v) is 7.56. The van der Waals surface area contributed by atoms with E-state index in [0.29, 0.717) is 35.7 Å². The number of ether oxygens (including phenoxy) is 3. The molecule has 0 aliphatic heterocycles. The highest BCUT2D eigenvalue weighted by Crippen LogP contribution is 2.44. The Morgan fingerprint density at radius 2 is 1.70 bits per heavy atom. The van der Waals surface area contributed by atoms with Crippen molar-refractivity contribution in [2.24, 2.45) is 0 Å². The fraction of sp³-hybridized carbons (Fsp3) is 0.316. The lowest BCUT2D eigenvalue weighted by atomic mass is 9.91. The van der Waals surface area contributed by atoms with Gasteiger partial charge >= 0.3 is 0 Å². The van der Waals surface area contributed by atoms with Gasteiger partial charge in [-0.2, -0.15) is 0 Å². The number of Topliss-reactive ketones (excluding diaryl/α,β-unsaturated/α-hetero) is 1. The van der Waals surface area contributed by atoms with Gasteiger partial charge in [-0.15, -0.1) is 0 Å². The third kappa shape index (κ3) is 2.44. The quantitative estimate of drug-likeness (QED) is 0.864. The first kappa shape index (κ1) is 15.4. The SMILES string of the molecule is COc1ccc2c(c1)C(=O)CCc1cc(OC)c(OC)c(C)c1-2. The molecule has 4 heteroatoms. The molecule has 0 heterocycles. The van der Waals surface area contributed by atoms with Crippen LogP contribution < -0.4 is 14.2 Å². The molecule has 2 aromatic rings. The molecule has 0 bridgehead atoms. The van der Waals surface area contributed by atoms with Crippen molar-refractivity contribution in [2.75, 3.05) is 21.3 Å². The van der Waals surface area contributed by atoms with Crippen LogP contribution in [0.25, 0.3) is 11.1 Å². The molecule has 4 nitrogen and oxygen atoms in total. The van der Waals surface area contributed by atoms with Gasteiger partial charge in [0, 0.05) is 17.5 Å². The molecule has 23 heavy (non-hydrogen) atoms. The van der Waals surface area contributed by atoms with Gasteiger partial charge in [0.05, 0.1) is 21.3 Å². The molecule has 3 rings (SSSR count). The van der Waals surface area contributed by atoms with Gasteiger partial charge in [-0.1, -0.05) is 0 Å². The Balaban J connectivity index is 2.33. The van der Waals surface area contributed by atoms with Gasteiger partial charge < -0.3 is 14.2 Å². The molecule has 0 saturated heterocycles. The third-order valence-corrected chi connectivity index (χ3v) is 4.41. The fourth-order valence-corrected chi connectivity index (χ4v) is 3.29. The van der Waals surface area contributed by atoms with E-state index in [9.17, 15) is 4.79 Å². The summed E-state index contributed by atoms with van der Waals surface area (Å²) in [5.41, 5.74) is 4.80. The van der Waals surface area contributed by atoms with E-state index in [2.05, 4.69) is 0 Å². The molecule has 0 saturated carbocycles. The van der Waals surface area contributed by atoms with E-state index in [1.807, 2.05) is 31.2 Å². The van der Waals surface area contributed by atoms with Gasteiger partial charge in [0.25, 0.3) is 0 Å². The number of fused-ring (bicyclic) bond motifs is 3. The van der Waals surface area contributed by atoms with Crippen LogP contribution in [0.2, 0.25) is 0 Å². The summed E-state index contributed by atoms with van der Waals surface area (Å²) >= 11 is 0. The Labute approximate surface area is 136 Å². The molecule has 1 aliphatic carbocycles. The summed E-state index contributed by atoms with van der Waals surface area (Å²) in [6.07, 6.45) is 1.16. The van der Waals surface area contributed by atoms with Crippen molar-refractivity contribution in [3.63, 3.8) is 0 Å². The van der Waals surface area contributed by atoms with Crippen LogP contribution in [0.3, 0.4) is 0 Å². The topological polar surface area (TPSA) is 44.8 Å². The molecular formula is C19H20O4. The molecule has 0 N–H and O–H groups in total. The molecule has 0 fully saturated rings. The number of carbonyl (C=O) groups excluding carboxylic acids is 1. The van der Waals surface area contributed by atoms with Crippen molar-refractivity contribution in [2.45, 2.75) is 19.8 Å². The number of hydrogen-bond acceptors (Lipinski definition) is 4. The van der Waals surface area contributed by atoms with Gasteiger partial charge in [0.15, 0.2) is 17.3 Å². The van der Waals surface area contributed by atoms with Gasteiger partial charge in [0.1, 0.15) is 5.75 Å². The van der Waals surface area contributed by atoms with Crippen LogP contribution in [0.15, 0.2) is 24.3 Å². The second kappa shape index (κ2) is 5.95. The standard InChI is InChI=1S/C19H20O4/c1-11-18-12(9-17(22-3)19(11)23-4)5-8-16(20)15-10-13(21-2)6-7-14(15)18/h6-7,9-10H,5,8H2,1-4H3. The number of rotatable bonds is 3. The summed E-state index contributed by atoms with van der Waals surface area (Å²) in [6.45, 7) is 2.00. The Morgan fingerprint density at radius 1 is 0.913 bits per heavy atom. The van der Waals surface area contributed by atoms with Crippen molar-refractivity contribution in [3.05, 3.63) is 41.0 Å². The van der Waals surface area contributed by atoms with Crippen LogP contribution in [0.4, 0.5) is 0 Å². The van der Waals surface area contributed by atoms with Crippen LogP contribution >= 0.6 is 0 Å². The minimum Gasteiger partial charge on any atom is -0.497 e. The predicted octanol–water partition coefficient (Wildman–Crippen LogP) is 3.82. The van der Waals surface area contributed by atoms with E-state index in [0.717, 1.165) is 22.3 Å². The highest BCUT2D eigenvalue weighted by Gasteiger charge is 2.25. The highest BCUT2D eigenvalue weighted by molar-refractivity contribution is 6.05. The van der Waals surface area contributed by atoms with E-state index in [-0.39, 0.29) is 5.78 Å². The Morgan fingerprint density at radius 3 is 2.35 bits per heavy atom. The van der Waals surface area contributed by atoms with Gasteiger partial charge in [0.2, 0.25) is 0 Å². The molecule has 0 atom stereocenters. The summed E-state index contributed by atoms with van der Waals surface area (Å²) in [7, 11) is 4.87. The Hall–Kier alpha value is -2.49. The number of ketones is 1.